The summed E-state index contributed by atoms with van der Waals surface area (Å²) in [5.41, 5.74) is 6.01. The number of aldehydes is 5. The number of nitrogens with one attached hydrogen (secondary N) is 5. The normalized spacial score (nSPS) is 20.9. The Morgan fingerprint density at radius 2 is 1.29 bits per heavy atom. The van der Waals surface area contributed by atoms with E-state index < -0.39 is 103 Å². The largest absolute Gasteiger partial charge is 0.481 e. The smallest absolute Gasteiger partial charge is 0.303 e. The van der Waals surface area contributed by atoms with Crippen LogP contribution in [0.1, 0.15) is 67.2 Å². The molecule has 23 heteroatoms. The first-order chi connectivity index (χ1) is 29.8. The second kappa shape index (κ2) is 27.0. The molecule has 0 aromatic carbocycles. The molecular weight excluding hydrogens is 845 g/mol. The summed E-state index contributed by atoms with van der Waals surface area (Å²) in [6.07, 6.45) is -2.08. The molecule has 0 aromatic rings. The van der Waals surface area contributed by atoms with Crippen molar-refractivity contribution in [2.45, 2.75) is 128 Å². The molecule has 2 fully saturated rings. The molecule has 22 nitrogen and oxygen atoms in total. The molecule has 63 heavy (non-hydrogen) atoms. The van der Waals surface area contributed by atoms with Crippen LogP contribution in [0, 0.1) is 11.8 Å². The summed E-state index contributed by atoms with van der Waals surface area (Å²) in [6.45, 7) is 8.44. The van der Waals surface area contributed by atoms with Crippen LogP contribution in [0.4, 0.5) is 0 Å². The SMILES string of the molecule is CSCC[C@@H](C=O)N[C@@H](C(=O)N1CCN([C@@H](N[C@H](C=O)C(C)C)C(C)=O)C(=O)[C@@H]1N[C@@H](C)C=O)N1CCN(C(=O)[C@@H](CN)N[C@H](C=O)CC(C)C)[C@@H](N[C@H](C=O)CCC(=O)O)C1=O. The van der Waals surface area contributed by atoms with E-state index in [1.807, 2.05) is 13.8 Å². The lowest BCUT2D eigenvalue weighted by Gasteiger charge is -2.48. The predicted molar refractivity (Wildman–Crippen MR) is 230 cm³/mol. The van der Waals surface area contributed by atoms with Gasteiger partial charge in [0.2, 0.25) is 5.91 Å². The molecule has 0 saturated carbocycles. The molecule has 2 heterocycles. The zero-order chi connectivity index (χ0) is 47.6. The van der Waals surface area contributed by atoms with Crippen LogP contribution in [0.25, 0.3) is 0 Å². The van der Waals surface area contributed by atoms with Crippen LogP contribution in [-0.4, -0.2) is 197 Å². The Labute approximate surface area is 372 Å². The number of carbonyl (C=O) groups is 11. The Kier molecular flexibility index (Phi) is 23.4. The number of hydrogen-bond acceptors (Lipinski definition) is 18. The zero-order valence-corrected chi connectivity index (χ0v) is 37.9. The highest BCUT2D eigenvalue weighted by Gasteiger charge is 2.49. The maximum atomic E-state index is 15.0. The van der Waals surface area contributed by atoms with E-state index in [0.29, 0.717) is 43.6 Å². The molecule has 2 saturated heterocycles. The lowest BCUT2D eigenvalue weighted by atomic mass is 10.0. The van der Waals surface area contributed by atoms with Gasteiger partial charge in [0.1, 0.15) is 37.6 Å². The lowest BCUT2D eigenvalue weighted by molar-refractivity contribution is -0.167. The van der Waals surface area contributed by atoms with Crippen LogP contribution in [0.3, 0.4) is 0 Å². The number of nitrogens with two attached hydrogens (primary N) is 1. The Bertz CT molecular complexity index is 1620. The van der Waals surface area contributed by atoms with Crippen molar-refractivity contribution in [2.75, 3.05) is 44.7 Å². The van der Waals surface area contributed by atoms with Gasteiger partial charge in [-0.25, -0.2) is 0 Å². The van der Waals surface area contributed by atoms with E-state index in [4.69, 9.17) is 5.73 Å². The molecule has 0 aliphatic carbocycles. The van der Waals surface area contributed by atoms with E-state index in [1.54, 1.807) is 20.1 Å². The van der Waals surface area contributed by atoms with Gasteiger partial charge in [0, 0.05) is 39.1 Å². The highest BCUT2D eigenvalue weighted by atomic mass is 32.2. The van der Waals surface area contributed by atoms with Crippen LogP contribution in [-0.2, 0) is 52.7 Å². The molecule has 2 aliphatic heterocycles. The van der Waals surface area contributed by atoms with E-state index in [9.17, 15) is 53.1 Å². The maximum absolute atomic E-state index is 15.0. The Morgan fingerprint density at radius 1 is 0.730 bits per heavy atom. The third-order valence-corrected chi connectivity index (χ3v) is 11.3. The van der Waals surface area contributed by atoms with Gasteiger partial charge in [0.15, 0.2) is 24.3 Å². The summed E-state index contributed by atoms with van der Waals surface area (Å²) >= 11 is 1.41. The fourth-order valence-electron chi connectivity index (χ4n) is 7.22. The van der Waals surface area contributed by atoms with Crippen LogP contribution in [0.15, 0.2) is 0 Å². The van der Waals surface area contributed by atoms with Crippen molar-refractivity contribution in [3.63, 3.8) is 0 Å². The monoisotopic (exact) mass is 910 g/mol. The standard InChI is InChI=1S/C40H66N10O12S/c1-23(2)16-29(21-54)43-30(17-41)37(59)48-12-14-50(39(61)35(48)44-27(19-52)8-9-32(57)58)36(45-28(20-53)10-15-63-7)40(62)49-13-11-47(38(60)34(49)42-25(5)18-51)33(26(6)56)46-31(22-55)24(3)4/h18-25,27-31,33-36,42-46H,8-17,41H2,1-7H3,(H,57,58)/t25-,27-,28-,29-,30+,31+,33+,34+,35+,36+/m0/s1. The number of carbonyl (C=O) groups excluding carboxylic acids is 10. The van der Waals surface area contributed by atoms with Gasteiger partial charge in [0.25, 0.3) is 17.7 Å². The van der Waals surface area contributed by atoms with Gasteiger partial charge in [-0.3, -0.25) is 55.4 Å². The van der Waals surface area contributed by atoms with Crippen molar-refractivity contribution in [3.8, 4) is 0 Å². The molecule has 8 N–H and O–H groups in total. The number of carboxylic acids is 1. The highest BCUT2D eigenvalue weighted by Crippen LogP contribution is 2.21. The fraction of sp³-hybridized carbons (Fsp3) is 0.725. The number of hydrogen-bond donors (Lipinski definition) is 7. The van der Waals surface area contributed by atoms with Crippen LogP contribution in [0.2, 0.25) is 0 Å². The summed E-state index contributed by atoms with van der Waals surface area (Å²) in [7, 11) is 0. The van der Waals surface area contributed by atoms with Gasteiger partial charge in [-0.05, 0) is 57.0 Å². The quantitative estimate of drug-likeness (QED) is 0.0347. The summed E-state index contributed by atoms with van der Waals surface area (Å²) in [6, 6.07) is -6.15. The van der Waals surface area contributed by atoms with Crippen LogP contribution >= 0.6 is 11.8 Å². The molecule has 10 atom stereocenters. The molecule has 0 aromatic heterocycles. The summed E-state index contributed by atoms with van der Waals surface area (Å²) in [5, 5.41) is 23.7. The van der Waals surface area contributed by atoms with E-state index in [2.05, 4.69) is 26.6 Å². The third-order valence-electron chi connectivity index (χ3n) is 10.7. The molecule has 2 aliphatic rings. The third kappa shape index (κ3) is 15.6. The average Bonchev–Trinajstić information content (AvgIpc) is 3.24. The fourth-order valence-corrected chi connectivity index (χ4v) is 7.71. The molecular formula is C40H66N10O12S. The predicted octanol–water partition coefficient (Wildman–Crippen LogP) is -3.33. The van der Waals surface area contributed by atoms with Gasteiger partial charge >= 0.3 is 5.97 Å². The molecule has 0 bridgehead atoms. The first-order valence-electron chi connectivity index (χ1n) is 21.0. The van der Waals surface area contributed by atoms with Gasteiger partial charge in [0.05, 0.1) is 36.3 Å². The minimum atomic E-state index is -1.71. The zero-order valence-electron chi connectivity index (χ0n) is 37.1. The minimum absolute atomic E-state index is 0.0538. The second-order valence-corrected chi connectivity index (χ2v) is 17.4. The van der Waals surface area contributed by atoms with Gasteiger partial charge < -0.3 is 54.4 Å². The molecule has 354 valence electrons. The van der Waals surface area contributed by atoms with Crippen molar-refractivity contribution in [3.05, 3.63) is 0 Å². The molecule has 0 spiro atoms. The average molecular weight is 911 g/mol. The van der Waals surface area contributed by atoms with E-state index in [0.717, 1.165) is 19.6 Å². The Morgan fingerprint density at radius 3 is 1.75 bits per heavy atom. The number of amides is 4. The summed E-state index contributed by atoms with van der Waals surface area (Å²) in [4.78, 5) is 148. The molecule has 0 radical (unpaired) electrons. The molecule has 0 unspecified atom stereocenters. The summed E-state index contributed by atoms with van der Waals surface area (Å²) in [5.74, 6) is -4.93. The number of rotatable bonds is 30. The number of piperazine rings is 2. The Balaban J connectivity index is 2.74. The van der Waals surface area contributed by atoms with Crippen molar-refractivity contribution in [1.29, 1.82) is 0 Å². The maximum Gasteiger partial charge on any atom is 0.303 e. The number of Topliss-reactive ketones (excluding diaryl/α,β-unsaturated/α-hetero) is 1. The Hall–Kier alpha value is -4.52. The highest BCUT2D eigenvalue weighted by molar-refractivity contribution is 7.98. The molecule has 2 rings (SSSR count). The van der Waals surface area contributed by atoms with Crippen molar-refractivity contribution in [1.82, 2.24) is 46.2 Å². The lowest BCUT2D eigenvalue weighted by Crippen LogP contribution is -2.75. The van der Waals surface area contributed by atoms with Crippen molar-refractivity contribution >= 4 is 78.6 Å². The van der Waals surface area contributed by atoms with Gasteiger partial charge in [-0.15, -0.1) is 0 Å². The number of nitrogens with zero attached hydrogens (tertiary/aromatic N) is 4. The van der Waals surface area contributed by atoms with Gasteiger partial charge in [-0.1, -0.05) is 27.7 Å². The molecule has 4 amide bonds. The van der Waals surface area contributed by atoms with Crippen LogP contribution < -0.4 is 32.3 Å². The second-order valence-electron chi connectivity index (χ2n) is 16.4. The van der Waals surface area contributed by atoms with Crippen LogP contribution in [0.5, 0.6) is 0 Å². The first-order valence-corrected chi connectivity index (χ1v) is 22.4. The first kappa shape index (κ1) is 54.6. The van der Waals surface area contributed by atoms with E-state index in [-0.39, 0.29) is 57.4 Å². The number of carboxylic acid groups (broad SMARTS) is 1. The number of aliphatic carboxylic acids is 1. The minimum Gasteiger partial charge on any atom is -0.481 e. The van der Waals surface area contributed by atoms with E-state index >= 15 is 4.79 Å². The number of thioether (sulfide) groups is 1. The van der Waals surface area contributed by atoms with Crippen molar-refractivity contribution in [2.24, 2.45) is 17.6 Å². The van der Waals surface area contributed by atoms with E-state index in [1.165, 1.54) is 25.6 Å². The number of ketones is 1. The van der Waals surface area contributed by atoms with Crippen molar-refractivity contribution < 1.29 is 57.8 Å². The topological polar surface area (TPSA) is 307 Å². The van der Waals surface area contributed by atoms with Gasteiger partial charge in [-0.2, -0.15) is 11.8 Å². The summed E-state index contributed by atoms with van der Waals surface area (Å²) < 4.78 is 0.